The molecule has 2 aliphatic rings. The summed E-state index contributed by atoms with van der Waals surface area (Å²) >= 11 is 0. The normalized spacial score (nSPS) is 22.5. The van der Waals surface area contributed by atoms with Gasteiger partial charge in [-0.15, -0.1) is 0 Å². The third-order valence-electron chi connectivity index (χ3n) is 4.47. The minimum absolute atomic E-state index is 0.0237. The van der Waals surface area contributed by atoms with Crippen LogP contribution in [0.15, 0.2) is 30.3 Å². The van der Waals surface area contributed by atoms with Crippen molar-refractivity contribution >= 4 is 11.8 Å². The van der Waals surface area contributed by atoms with Crippen LogP contribution in [0, 0.1) is 0 Å². The summed E-state index contributed by atoms with van der Waals surface area (Å²) in [6.07, 6.45) is 2.66. The minimum Gasteiger partial charge on any atom is -0.340 e. The molecule has 1 aromatic rings. The molecule has 1 unspecified atom stereocenters. The van der Waals surface area contributed by atoms with Crippen LogP contribution < -0.4 is 5.32 Å². The summed E-state index contributed by atoms with van der Waals surface area (Å²) < 4.78 is 0. The Hall–Kier alpha value is -1.88. The smallest absolute Gasteiger partial charge is 0.254 e. The average molecular weight is 301 g/mol. The van der Waals surface area contributed by atoms with Gasteiger partial charge in [0.1, 0.15) is 6.04 Å². The topological polar surface area (TPSA) is 52.7 Å². The predicted octanol–water partition coefficient (Wildman–Crippen LogP) is 1.11. The van der Waals surface area contributed by atoms with Gasteiger partial charge in [-0.1, -0.05) is 18.2 Å². The monoisotopic (exact) mass is 301 g/mol. The van der Waals surface area contributed by atoms with Crippen molar-refractivity contribution in [3.63, 3.8) is 0 Å². The molecule has 2 heterocycles. The number of carbonyl (C=O) groups is 2. The lowest BCUT2D eigenvalue weighted by atomic mass is 10.1. The second-order valence-corrected chi connectivity index (χ2v) is 5.95. The largest absolute Gasteiger partial charge is 0.340 e. The number of carbonyl (C=O) groups excluding carboxylic acids is 2. The quantitative estimate of drug-likeness (QED) is 0.890. The molecule has 118 valence electrons. The first-order valence-electron chi connectivity index (χ1n) is 8.13. The van der Waals surface area contributed by atoms with E-state index in [0.29, 0.717) is 12.1 Å². The number of nitrogens with zero attached hydrogens (tertiary/aromatic N) is 2. The van der Waals surface area contributed by atoms with E-state index in [2.05, 4.69) is 5.32 Å². The van der Waals surface area contributed by atoms with Crippen LogP contribution in [0.5, 0.6) is 0 Å². The van der Waals surface area contributed by atoms with Gasteiger partial charge in [0.15, 0.2) is 0 Å². The maximum atomic E-state index is 12.8. The summed E-state index contributed by atoms with van der Waals surface area (Å²) in [5.41, 5.74) is 0.666. The van der Waals surface area contributed by atoms with Crippen molar-refractivity contribution in [3.05, 3.63) is 35.9 Å². The van der Waals surface area contributed by atoms with E-state index >= 15 is 0 Å². The Labute approximate surface area is 131 Å². The Morgan fingerprint density at radius 2 is 1.82 bits per heavy atom. The van der Waals surface area contributed by atoms with Crippen molar-refractivity contribution in [1.82, 2.24) is 15.1 Å². The Kier molecular flexibility index (Phi) is 4.73. The molecule has 0 radical (unpaired) electrons. The molecule has 2 amide bonds. The second-order valence-electron chi connectivity index (χ2n) is 5.95. The number of nitrogens with one attached hydrogen (secondary N) is 1. The SMILES string of the molecule is O=C(C1CCCN1C(=O)c1ccccc1)N1CCCNCC1. The number of benzene rings is 1. The maximum absolute atomic E-state index is 12.8. The van der Waals surface area contributed by atoms with Gasteiger partial charge < -0.3 is 15.1 Å². The van der Waals surface area contributed by atoms with Gasteiger partial charge in [-0.05, 0) is 37.9 Å². The van der Waals surface area contributed by atoms with Crippen LogP contribution in [0.2, 0.25) is 0 Å². The zero-order valence-electron chi connectivity index (χ0n) is 12.8. The molecule has 5 nitrogen and oxygen atoms in total. The van der Waals surface area contributed by atoms with E-state index < -0.39 is 0 Å². The fraction of sp³-hybridized carbons (Fsp3) is 0.529. The van der Waals surface area contributed by atoms with Crippen LogP contribution in [0.3, 0.4) is 0 Å². The van der Waals surface area contributed by atoms with Crippen molar-refractivity contribution in [1.29, 1.82) is 0 Å². The van der Waals surface area contributed by atoms with Gasteiger partial charge in [0.25, 0.3) is 5.91 Å². The number of rotatable bonds is 2. The molecule has 0 bridgehead atoms. The van der Waals surface area contributed by atoms with Crippen LogP contribution in [0.25, 0.3) is 0 Å². The van der Waals surface area contributed by atoms with E-state index in [9.17, 15) is 9.59 Å². The number of likely N-dealkylation sites (tertiary alicyclic amines) is 1. The van der Waals surface area contributed by atoms with Gasteiger partial charge in [0, 0.05) is 31.7 Å². The molecule has 22 heavy (non-hydrogen) atoms. The van der Waals surface area contributed by atoms with Crippen LogP contribution >= 0.6 is 0 Å². The molecule has 0 aromatic heterocycles. The fourth-order valence-corrected chi connectivity index (χ4v) is 3.29. The highest BCUT2D eigenvalue weighted by atomic mass is 16.2. The van der Waals surface area contributed by atoms with Crippen LogP contribution in [-0.2, 0) is 4.79 Å². The highest BCUT2D eigenvalue weighted by molar-refractivity contribution is 5.97. The summed E-state index contributed by atoms with van der Waals surface area (Å²) in [5, 5.41) is 3.31. The Morgan fingerprint density at radius 3 is 2.64 bits per heavy atom. The molecule has 1 N–H and O–H groups in total. The number of hydrogen-bond acceptors (Lipinski definition) is 3. The molecule has 2 saturated heterocycles. The van der Waals surface area contributed by atoms with Crippen molar-refractivity contribution in [2.24, 2.45) is 0 Å². The Morgan fingerprint density at radius 1 is 1.00 bits per heavy atom. The van der Waals surface area contributed by atoms with Crippen molar-refractivity contribution < 1.29 is 9.59 Å². The molecule has 0 saturated carbocycles. The zero-order valence-corrected chi connectivity index (χ0v) is 12.8. The van der Waals surface area contributed by atoms with Gasteiger partial charge in [-0.3, -0.25) is 9.59 Å². The fourth-order valence-electron chi connectivity index (χ4n) is 3.29. The first-order chi connectivity index (χ1) is 10.8. The van der Waals surface area contributed by atoms with Crippen molar-refractivity contribution in [3.8, 4) is 0 Å². The molecule has 0 spiro atoms. The van der Waals surface area contributed by atoms with E-state index in [1.165, 1.54) is 0 Å². The molecular formula is C17H23N3O2. The highest BCUT2D eigenvalue weighted by Gasteiger charge is 2.36. The van der Waals surface area contributed by atoms with E-state index in [4.69, 9.17) is 0 Å². The Balaban J connectivity index is 1.72. The van der Waals surface area contributed by atoms with E-state index in [0.717, 1.165) is 45.4 Å². The minimum atomic E-state index is -0.286. The van der Waals surface area contributed by atoms with Crippen LogP contribution in [0.4, 0.5) is 0 Å². The molecule has 5 heteroatoms. The molecule has 3 rings (SSSR count). The van der Waals surface area contributed by atoms with E-state index in [1.54, 1.807) is 4.90 Å². The lowest BCUT2D eigenvalue weighted by molar-refractivity contribution is -0.135. The van der Waals surface area contributed by atoms with Crippen LogP contribution in [0.1, 0.15) is 29.6 Å². The summed E-state index contributed by atoms with van der Waals surface area (Å²) in [5.74, 6) is 0.0925. The molecule has 1 aromatic carbocycles. The maximum Gasteiger partial charge on any atom is 0.254 e. The van der Waals surface area contributed by atoms with Gasteiger partial charge in [-0.2, -0.15) is 0 Å². The highest BCUT2D eigenvalue weighted by Crippen LogP contribution is 2.22. The van der Waals surface area contributed by atoms with E-state index in [1.807, 2.05) is 35.2 Å². The summed E-state index contributed by atoms with van der Waals surface area (Å²) in [7, 11) is 0. The lowest BCUT2D eigenvalue weighted by Gasteiger charge is -2.29. The standard InChI is InChI=1S/C17H23N3O2/c21-16(14-6-2-1-3-7-14)20-12-4-8-15(20)17(22)19-11-5-9-18-10-13-19/h1-3,6-7,15,18H,4-5,8-13H2. The molecule has 2 aliphatic heterocycles. The van der Waals surface area contributed by atoms with Crippen molar-refractivity contribution in [2.75, 3.05) is 32.7 Å². The first-order valence-corrected chi connectivity index (χ1v) is 8.13. The first kappa shape index (κ1) is 15.0. The average Bonchev–Trinajstić information content (AvgIpc) is 2.89. The van der Waals surface area contributed by atoms with Crippen molar-refractivity contribution in [2.45, 2.75) is 25.3 Å². The molecule has 1 atom stereocenters. The summed E-state index contributed by atoms with van der Waals surface area (Å²) in [6, 6.07) is 8.97. The predicted molar refractivity (Wildman–Crippen MR) is 84.6 cm³/mol. The third-order valence-corrected chi connectivity index (χ3v) is 4.47. The summed E-state index contributed by atoms with van der Waals surface area (Å²) in [4.78, 5) is 29.1. The van der Waals surface area contributed by atoms with Gasteiger partial charge >= 0.3 is 0 Å². The second kappa shape index (κ2) is 6.92. The van der Waals surface area contributed by atoms with Gasteiger partial charge in [-0.25, -0.2) is 0 Å². The summed E-state index contributed by atoms with van der Waals surface area (Å²) in [6.45, 7) is 4.00. The molecular weight excluding hydrogens is 278 g/mol. The van der Waals surface area contributed by atoms with Gasteiger partial charge in [0.2, 0.25) is 5.91 Å². The molecule has 0 aliphatic carbocycles. The third kappa shape index (κ3) is 3.14. The zero-order chi connectivity index (χ0) is 15.4. The number of hydrogen-bond donors (Lipinski definition) is 1. The number of amides is 2. The molecule has 2 fully saturated rings. The lowest BCUT2D eigenvalue weighted by Crippen LogP contribution is -2.48. The van der Waals surface area contributed by atoms with Gasteiger partial charge in [0.05, 0.1) is 0 Å². The van der Waals surface area contributed by atoms with Crippen LogP contribution in [-0.4, -0.2) is 60.4 Å². The Bertz CT molecular complexity index is 524. The van der Waals surface area contributed by atoms with E-state index in [-0.39, 0.29) is 17.9 Å².